The van der Waals surface area contributed by atoms with Crippen LogP contribution in [0.2, 0.25) is 0 Å². The van der Waals surface area contributed by atoms with Crippen LogP contribution in [-0.4, -0.2) is 30.9 Å². The molecule has 5 heteroatoms. The van der Waals surface area contributed by atoms with Gasteiger partial charge in [-0.3, -0.25) is 14.5 Å². The van der Waals surface area contributed by atoms with Crippen molar-refractivity contribution in [3.63, 3.8) is 0 Å². The molecule has 0 aromatic heterocycles. The molecule has 0 aliphatic carbocycles. The average molecular weight is 427 g/mol. The minimum atomic E-state index is -0.727. The third-order valence-corrected chi connectivity index (χ3v) is 5.98. The molecule has 1 heterocycles. The second-order valence-corrected chi connectivity index (χ2v) is 8.29. The Hall–Kier alpha value is -3.86. The maximum atomic E-state index is 13.2. The molecule has 1 amide bonds. The second kappa shape index (κ2) is 8.35. The lowest BCUT2D eigenvalue weighted by Gasteiger charge is -2.26. The minimum absolute atomic E-state index is 0.0970. The molecule has 162 valence electrons. The Morgan fingerprint density at radius 3 is 2.12 bits per heavy atom. The summed E-state index contributed by atoms with van der Waals surface area (Å²) in [4.78, 5) is 29.8. The third kappa shape index (κ3) is 3.66. The number of hydrogen-bond acceptors (Lipinski definition) is 4. The van der Waals surface area contributed by atoms with Crippen LogP contribution < -0.4 is 9.80 Å². The first-order chi connectivity index (χ1) is 15.3. The van der Waals surface area contributed by atoms with Crippen molar-refractivity contribution in [3.05, 3.63) is 101 Å². The smallest absolute Gasteiger partial charge is 0.300 e. The normalized spacial score (nSPS) is 17.6. The molecule has 1 N–H and O–H groups in total. The molecule has 1 unspecified atom stereocenters. The summed E-state index contributed by atoms with van der Waals surface area (Å²) >= 11 is 0. The van der Waals surface area contributed by atoms with Crippen LogP contribution in [0.25, 0.3) is 5.76 Å². The van der Waals surface area contributed by atoms with Gasteiger partial charge in [-0.25, -0.2) is 0 Å². The van der Waals surface area contributed by atoms with Crippen LogP contribution in [0, 0.1) is 13.8 Å². The number of aryl methyl sites for hydroxylation is 2. The maximum Gasteiger partial charge on any atom is 0.300 e. The van der Waals surface area contributed by atoms with Crippen molar-refractivity contribution in [1.82, 2.24) is 0 Å². The van der Waals surface area contributed by atoms with Gasteiger partial charge in [0.1, 0.15) is 5.76 Å². The van der Waals surface area contributed by atoms with Gasteiger partial charge in [-0.15, -0.1) is 0 Å². The van der Waals surface area contributed by atoms with Crippen molar-refractivity contribution >= 4 is 28.8 Å². The van der Waals surface area contributed by atoms with Gasteiger partial charge in [0.05, 0.1) is 11.6 Å². The van der Waals surface area contributed by atoms with E-state index in [1.165, 1.54) is 4.90 Å². The van der Waals surface area contributed by atoms with E-state index in [1.807, 2.05) is 87.4 Å². The number of carbonyl (C=O) groups is 2. The van der Waals surface area contributed by atoms with Crippen molar-refractivity contribution in [1.29, 1.82) is 0 Å². The highest BCUT2D eigenvalue weighted by atomic mass is 16.3. The summed E-state index contributed by atoms with van der Waals surface area (Å²) in [5.41, 5.74) is 5.06. The highest BCUT2D eigenvalue weighted by Gasteiger charge is 2.46. The van der Waals surface area contributed by atoms with Crippen molar-refractivity contribution < 1.29 is 14.7 Å². The van der Waals surface area contributed by atoms with Crippen LogP contribution >= 0.6 is 0 Å². The fourth-order valence-electron chi connectivity index (χ4n) is 4.00. The van der Waals surface area contributed by atoms with E-state index in [2.05, 4.69) is 0 Å². The van der Waals surface area contributed by atoms with Gasteiger partial charge in [0.25, 0.3) is 11.7 Å². The number of carbonyl (C=O) groups excluding carboxylic acids is 2. The van der Waals surface area contributed by atoms with E-state index in [4.69, 9.17) is 0 Å². The number of benzene rings is 3. The summed E-state index contributed by atoms with van der Waals surface area (Å²) in [6.45, 7) is 3.94. The molecule has 1 aliphatic rings. The van der Waals surface area contributed by atoms with Crippen LogP contribution in [0.3, 0.4) is 0 Å². The molecule has 32 heavy (non-hydrogen) atoms. The fourth-order valence-corrected chi connectivity index (χ4v) is 4.00. The third-order valence-electron chi connectivity index (χ3n) is 5.98. The summed E-state index contributed by atoms with van der Waals surface area (Å²) in [6, 6.07) is 21.6. The van der Waals surface area contributed by atoms with Crippen LogP contribution in [0.4, 0.5) is 11.4 Å². The number of rotatable bonds is 4. The number of ketones is 1. The second-order valence-electron chi connectivity index (χ2n) is 8.29. The zero-order valence-corrected chi connectivity index (χ0v) is 18.7. The highest BCUT2D eigenvalue weighted by Crippen LogP contribution is 2.42. The fraction of sp³-hybridized carbons (Fsp3) is 0.185. The lowest BCUT2D eigenvalue weighted by atomic mass is 9.94. The number of aliphatic hydroxyl groups is 1. The number of nitrogens with zero attached hydrogens (tertiary/aromatic N) is 2. The Morgan fingerprint density at radius 2 is 1.53 bits per heavy atom. The van der Waals surface area contributed by atoms with Crippen molar-refractivity contribution in [2.75, 3.05) is 23.9 Å². The molecule has 3 aromatic carbocycles. The van der Waals surface area contributed by atoms with E-state index in [-0.39, 0.29) is 11.3 Å². The van der Waals surface area contributed by atoms with Gasteiger partial charge in [0, 0.05) is 31.0 Å². The van der Waals surface area contributed by atoms with Crippen LogP contribution in [0.5, 0.6) is 0 Å². The van der Waals surface area contributed by atoms with Crippen LogP contribution in [0.1, 0.15) is 28.3 Å². The molecule has 5 nitrogen and oxygen atoms in total. The molecule has 3 aromatic rings. The van der Waals surface area contributed by atoms with Gasteiger partial charge < -0.3 is 10.0 Å². The molecule has 1 saturated heterocycles. The van der Waals surface area contributed by atoms with Crippen LogP contribution in [0.15, 0.2) is 78.4 Å². The van der Waals surface area contributed by atoms with Gasteiger partial charge in [0.15, 0.2) is 0 Å². The summed E-state index contributed by atoms with van der Waals surface area (Å²) < 4.78 is 0. The monoisotopic (exact) mass is 426 g/mol. The number of para-hydroxylation sites is 1. The number of anilines is 2. The van der Waals surface area contributed by atoms with Gasteiger partial charge in [-0.1, -0.05) is 42.5 Å². The summed E-state index contributed by atoms with van der Waals surface area (Å²) in [5.74, 6) is -1.50. The van der Waals surface area contributed by atoms with Gasteiger partial charge in [0.2, 0.25) is 0 Å². The molecule has 1 atom stereocenters. The number of amides is 1. The number of aliphatic hydroxyl groups excluding tert-OH is 1. The first-order valence-corrected chi connectivity index (χ1v) is 10.5. The first kappa shape index (κ1) is 21.4. The van der Waals surface area contributed by atoms with Crippen molar-refractivity contribution in [2.24, 2.45) is 0 Å². The Kier molecular flexibility index (Phi) is 5.57. The van der Waals surface area contributed by atoms with Crippen molar-refractivity contribution in [2.45, 2.75) is 19.9 Å². The molecule has 1 aliphatic heterocycles. The van der Waals surface area contributed by atoms with E-state index < -0.39 is 17.7 Å². The topological polar surface area (TPSA) is 60.9 Å². The Morgan fingerprint density at radius 1 is 0.875 bits per heavy atom. The predicted molar refractivity (Wildman–Crippen MR) is 128 cm³/mol. The Bertz CT molecular complexity index is 1210. The Balaban J connectivity index is 1.93. The van der Waals surface area contributed by atoms with E-state index in [0.29, 0.717) is 11.3 Å². The zero-order valence-electron chi connectivity index (χ0n) is 18.7. The summed E-state index contributed by atoms with van der Waals surface area (Å²) in [5, 5.41) is 11.2. The molecular weight excluding hydrogens is 400 g/mol. The minimum Gasteiger partial charge on any atom is -0.507 e. The molecule has 4 rings (SSSR count). The molecule has 0 spiro atoms. The zero-order chi connectivity index (χ0) is 23.0. The molecular formula is C27H26N2O3. The summed E-state index contributed by atoms with van der Waals surface area (Å²) in [6.07, 6.45) is 0. The Labute approximate surface area is 188 Å². The van der Waals surface area contributed by atoms with Crippen molar-refractivity contribution in [3.8, 4) is 0 Å². The maximum absolute atomic E-state index is 13.2. The van der Waals surface area contributed by atoms with Crippen LogP contribution in [-0.2, 0) is 9.59 Å². The predicted octanol–water partition coefficient (Wildman–Crippen LogP) is 5.00. The SMILES string of the molecule is Cc1ccc(/C(O)=C2/C(=O)C(=O)N(c3ccccc3)C2c2ccc(N(C)C)cc2)cc1C. The van der Waals surface area contributed by atoms with E-state index in [9.17, 15) is 14.7 Å². The standard InChI is InChI=1S/C27H26N2O3/c1-17-10-11-20(16-18(17)2)25(30)23-24(19-12-14-21(15-13-19)28(3)4)29(27(32)26(23)31)22-8-6-5-7-9-22/h5-16,24,30H,1-4H3/b25-23-. The molecule has 0 radical (unpaired) electrons. The summed E-state index contributed by atoms with van der Waals surface area (Å²) in [7, 11) is 3.90. The largest absolute Gasteiger partial charge is 0.507 e. The lowest BCUT2D eigenvalue weighted by molar-refractivity contribution is -0.132. The van der Waals surface area contributed by atoms with E-state index in [0.717, 1.165) is 22.4 Å². The first-order valence-electron chi connectivity index (χ1n) is 10.5. The van der Waals surface area contributed by atoms with E-state index in [1.54, 1.807) is 18.2 Å². The van der Waals surface area contributed by atoms with Gasteiger partial charge in [-0.2, -0.15) is 0 Å². The number of hydrogen-bond donors (Lipinski definition) is 1. The lowest BCUT2D eigenvalue weighted by Crippen LogP contribution is -2.29. The quantitative estimate of drug-likeness (QED) is 0.363. The van der Waals surface area contributed by atoms with E-state index >= 15 is 0 Å². The average Bonchev–Trinajstić information content (AvgIpc) is 3.06. The number of Topliss-reactive ketones (excluding diaryl/α,β-unsaturated/α-hetero) is 1. The molecule has 1 fully saturated rings. The molecule has 0 bridgehead atoms. The molecule has 0 saturated carbocycles. The van der Waals surface area contributed by atoms with Gasteiger partial charge in [-0.05, 0) is 60.9 Å². The highest BCUT2D eigenvalue weighted by molar-refractivity contribution is 6.51. The van der Waals surface area contributed by atoms with Gasteiger partial charge >= 0.3 is 0 Å².